The lowest BCUT2D eigenvalue weighted by Gasteiger charge is -2.22. The number of aromatic hydroxyl groups is 2. The molecule has 32 heavy (non-hydrogen) atoms. The minimum Gasteiger partial charge on any atom is -0.508 e. The second kappa shape index (κ2) is 9.69. The van der Waals surface area contributed by atoms with Gasteiger partial charge in [-0.2, -0.15) is 0 Å². The van der Waals surface area contributed by atoms with Crippen LogP contribution in [0.15, 0.2) is 30.3 Å². The number of aromatic amines is 1. The molecule has 1 aromatic heterocycles. The van der Waals surface area contributed by atoms with E-state index >= 15 is 0 Å². The molecule has 0 bridgehead atoms. The molecule has 7 heteroatoms. The molecule has 0 spiro atoms. The summed E-state index contributed by atoms with van der Waals surface area (Å²) in [7, 11) is 3.71. The molecular weight excluding hydrogens is 422 g/mol. The van der Waals surface area contributed by atoms with E-state index in [4.69, 9.17) is 17.0 Å². The average Bonchev–Trinajstić information content (AvgIpc) is 3.09. The van der Waals surface area contributed by atoms with Crippen molar-refractivity contribution in [1.29, 1.82) is 0 Å². The van der Waals surface area contributed by atoms with Crippen molar-refractivity contribution in [2.45, 2.75) is 46.5 Å². The largest absolute Gasteiger partial charge is 0.508 e. The maximum absolute atomic E-state index is 10.8. The predicted molar refractivity (Wildman–Crippen MR) is 133 cm³/mol. The molecule has 3 aromatic rings. The van der Waals surface area contributed by atoms with Gasteiger partial charge in [-0.05, 0) is 60.8 Å². The van der Waals surface area contributed by atoms with Gasteiger partial charge in [-0.25, -0.2) is 0 Å². The maximum Gasteiger partial charge on any atom is 0.182 e. The van der Waals surface area contributed by atoms with Gasteiger partial charge in [0.1, 0.15) is 17.2 Å². The van der Waals surface area contributed by atoms with Crippen LogP contribution in [-0.2, 0) is 6.42 Å². The summed E-state index contributed by atoms with van der Waals surface area (Å²) in [5.41, 5.74) is 4.97. The molecule has 0 atom stereocenters. The number of benzene rings is 2. The van der Waals surface area contributed by atoms with Crippen LogP contribution in [0, 0.1) is 4.77 Å². The number of aryl methyl sites for hydroxylation is 1. The summed E-state index contributed by atoms with van der Waals surface area (Å²) in [6.45, 7) is 9.10. The first-order valence-corrected chi connectivity index (χ1v) is 11.4. The minimum absolute atomic E-state index is 0.0150. The quantitative estimate of drug-likeness (QED) is 0.355. The molecule has 0 saturated heterocycles. The smallest absolute Gasteiger partial charge is 0.182 e. The summed E-state index contributed by atoms with van der Waals surface area (Å²) < 4.78 is 8.09. The molecule has 0 saturated carbocycles. The minimum atomic E-state index is 0.0150. The lowest BCUT2D eigenvalue weighted by molar-refractivity contribution is 0.414. The highest BCUT2D eigenvalue weighted by Gasteiger charge is 2.21. The second-order valence-electron chi connectivity index (χ2n) is 8.31. The van der Waals surface area contributed by atoms with Gasteiger partial charge in [-0.1, -0.05) is 27.7 Å². The highest BCUT2D eigenvalue weighted by Crippen LogP contribution is 2.41. The Morgan fingerprint density at radius 1 is 1.12 bits per heavy atom. The van der Waals surface area contributed by atoms with Crippen LogP contribution in [0.25, 0.3) is 16.9 Å². The number of anilines is 1. The van der Waals surface area contributed by atoms with Gasteiger partial charge in [0.05, 0.1) is 24.2 Å². The number of rotatable bonds is 8. The molecule has 0 aliphatic rings. The molecule has 3 rings (SSSR count). The average molecular weight is 456 g/mol. The standard InChI is InChI=1S/C25H33N3O3S/c1-7-11-27(5)20-12-16(9-10-23(20)31-6)28-24(19(8-2)26-25(28)32)18-13-17(15(3)4)21(29)14-22(18)30/h9-10,12-15,29-30H,7-8,11H2,1-6H3,(H,26,32). The second-order valence-corrected chi connectivity index (χ2v) is 8.69. The Labute approximate surface area is 195 Å². The van der Waals surface area contributed by atoms with E-state index in [0.29, 0.717) is 16.8 Å². The van der Waals surface area contributed by atoms with Crippen molar-refractivity contribution < 1.29 is 14.9 Å². The van der Waals surface area contributed by atoms with E-state index in [1.807, 2.05) is 50.6 Å². The number of phenols is 2. The van der Waals surface area contributed by atoms with Gasteiger partial charge in [-0.3, -0.25) is 4.57 Å². The number of imidazole rings is 1. The number of ether oxygens (including phenoxy) is 1. The molecule has 0 aliphatic carbocycles. The van der Waals surface area contributed by atoms with E-state index in [1.54, 1.807) is 7.11 Å². The number of nitrogens with one attached hydrogen (secondary N) is 1. The SMILES string of the molecule is CCCN(C)c1cc(-n2c(-c3cc(C(C)C)c(O)cc3O)c(CC)[nH]c2=S)ccc1OC. The lowest BCUT2D eigenvalue weighted by Crippen LogP contribution is -2.18. The normalized spacial score (nSPS) is 11.2. The highest BCUT2D eigenvalue weighted by molar-refractivity contribution is 7.71. The van der Waals surface area contributed by atoms with Crippen molar-refractivity contribution in [2.24, 2.45) is 0 Å². The Balaban J connectivity index is 2.30. The summed E-state index contributed by atoms with van der Waals surface area (Å²) in [6, 6.07) is 9.24. The molecule has 0 aliphatic heterocycles. The van der Waals surface area contributed by atoms with Crippen molar-refractivity contribution in [3.05, 3.63) is 46.4 Å². The third-order valence-corrected chi connectivity index (χ3v) is 6.02. The first kappa shape index (κ1) is 23.7. The van der Waals surface area contributed by atoms with Crippen molar-refractivity contribution in [3.63, 3.8) is 0 Å². The molecule has 172 valence electrons. The zero-order valence-electron chi connectivity index (χ0n) is 19.7. The highest BCUT2D eigenvalue weighted by atomic mass is 32.1. The van der Waals surface area contributed by atoms with Crippen LogP contribution in [-0.4, -0.2) is 40.5 Å². The summed E-state index contributed by atoms with van der Waals surface area (Å²) in [6.07, 6.45) is 1.72. The Bertz CT molecular complexity index is 1160. The van der Waals surface area contributed by atoms with Gasteiger partial charge in [-0.15, -0.1) is 0 Å². The van der Waals surface area contributed by atoms with E-state index in [9.17, 15) is 10.2 Å². The maximum atomic E-state index is 10.8. The third kappa shape index (κ3) is 4.35. The fourth-order valence-corrected chi connectivity index (χ4v) is 4.40. The number of nitrogens with zero attached hydrogens (tertiary/aromatic N) is 2. The van der Waals surface area contributed by atoms with Crippen LogP contribution >= 0.6 is 12.2 Å². The number of hydrogen-bond acceptors (Lipinski definition) is 5. The van der Waals surface area contributed by atoms with E-state index in [1.165, 1.54) is 6.07 Å². The molecule has 0 unspecified atom stereocenters. The molecular formula is C25H33N3O3S. The first-order chi connectivity index (χ1) is 15.2. The number of aromatic nitrogens is 2. The van der Waals surface area contributed by atoms with E-state index in [2.05, 4.69) is 22.9 Å². The molecule has 0 amide bonds. The van der Waals surface area contributed by atoms with Gasteiger partial charge in [0.2, 0.25) is 0 Å². The van der Waals surface area contributed by atoms with Gasteiger partial charge in [0.25, 0.3) is 0 Å². The van der Waals surface area contributed by atoms with Gasteiger partial charge in [0.15, 0.2) is 4.77 Å². The molecule has 3 N–H and O–H groups in total. The monoisotopic (exact) mass is 455 g/mol. The fourth-order valence-electron chi connectivity index (χ4n) is 4.08. The van der Waals surface area contributed by atoms with Gasteiger partial charge >= 0.3 is 0 Å². The topological polar surface area (TPSA) is 73.6 Å². The Hall–Kier alpha value is -2.93. The lowest BCUT2D eigenvalue weighted by atomic mass is 9.96. The summed E-state index contributed by atoms with van der Waals surface area (Å²) >= 11 is 5.72. The summed E-state index contributed by atoms with van der Waals surface area (Å²) in [4.78, 5) is 5.47. The molecule has 0 fully saturated rings. The number of hydrogen-bond donors (Lipinski definition) is 3. The van der Waals surface area contributed by atoms with Crippen LogP contribution < -0.4 is 9.64 Å². The van der Waals surface area contributed by atoms with Crippen molar-refractivity contribution in [1.82, 2.24) is 9.55 Å². The number of phenolic OH excluding ortho intramolecular Hbond substituents is 2. The van der Waals surface area contributed by atoms with Gasteiger partial charge in [0, 0.05) is 30.9 Å². The Morgan fingerprint density at radius 3 is 2.44 bits per heavy atom. The zero-order chi connectivity index (χ0) is 23.6. The molecule has 0 radical (unpaired) electrons. The number of H-pyrrole nitrogens is 1. The Morgan fingerprint density at radius 2 is 1.84 bits per heavy atom. The molecule has 2 aromatic carbocycles. The van der Waals surface area contributed by atoms with Crippen LogP contribution in [0.4, 0.5) is 5.69 Å². The van der Waals surface area contributed by atoms with Crippen LogP contribution in [0.5, 0.6) is 17.2 Å². The predicted octanol–water partition coefficient (Wildman–Crippen LogP) is 6.15. The first-order valence-electron chi connectivity index (χ1n) is 11.0. The van der Waals surface area contributed by atoms with Crippen LogP contribution in [0.3, 0.4) is 0 Å². The van der Waals surface area contributed by atoms with Crippen LogP contribution in [0.1, 0.15) is 51.3 Å². The summed E-state index contributed by atoms with van der Waals surface area (Å²) in [5.74, 6) is 0.998. The molecule has 6 nitrogen and oxygen atoms in total. The molecule has 1 heterocycles. The number of methoxy groups -OCH3 is 1. The summed E-state index contributed by atoms with van der Waals surface area (Å²) in [5, 5.41) is 21.1. The Kier molecular flexibility index (Phi) is 7.19. The van der Waals surface area contributed by atoms with Crippen molar-refractivity contribution >= 4 is 17.9 Å². The van der Waals surface area contributed by atoms with Gasteiger partial charge < -0.3 is 24.8 Å². The van der Waals surface area contributed by atoms with E-state index in [-0.39, 0.29) is 17.4 Å². The fraction of sp³-hybridized carbons (Fsp3) is 0.400. The van der Waals surface area contributed by atoms with Crippen molar-refractivity contribution in [2.75, 3.05) is 25.6 Å². The third-order valence-electron chi connectivity index (χ3n) is 5.74. The van der Waals surface area contributed by atoms with E-state index < -0.39 is 0 Å². The van der Waals surface area contributed by atoms with E-state index in [0.717, 1.165) is 47.0 Å². The zero-order valence-corrected chi connectivity index (χ0v) is 20.5. The van der Waals surface area contributed by atoms with Crippen LogP contribution in [0.2, 0.25) is 0 Å². The van der Waals surface area contributed by atoms with Crippen molar-refractivity contribution in [3.8, 4) is 34.2 Å².